The molecule has 1 aromatic heterocycles. The summed E-state index contributed by atoms with van der Waals surface area (Å²) in [4.78, 5) is 16.2. The fourth-order valence-corrected chi connectivity index (χ4v) is 3.02. The van der Waals surface area contributed by atoms with Crippen molar-refractivity contribution < 1.29 is 9.18 Å². The first-order valence-corrected chi connectivity index (χ1v) is 8.10. The van der Waals surface area contributed by atoms with Crippen LogP contribution in [0, 0.1) is 5.82 Å². The number of halogens is 2. The van der Waals surface area contributed by atoms with Gasteiger partial charge in [-0.15, -0.1) is 5.10 Å². The summed E-state index contributed by atoms with van der Waals surface area (Å²) in [5.74, 6) is -0.307. The molecule has 0 fully saturated rings. The minimum atomic E-state index is -0.502. The lowest BCUT2D eigenvalue weighted by Crippen LogP contribution is -2.43. The van der Waals surface area contributed by atoms with E-state index in [9.17, 15) is 9.18 Å². The molecule has 3 rings (SSSR count). The highest BCUT2D eigenvalue weighted by Gasteiger charge is 2.32. The zero-order valence-electron chi connectivity index (χ0n) is 13.1. The van der Waals surface area contributed by atoms with Crippen molar-refractivity contribution in [1.29, 1.82) is 0 Å². The zero-order valence-corrected chi connectivity index (χ0v) is 14.7. The van der Waals surface area contributed by atoms with Gasteiger partial charge < -0.3 is 10.6 Å². The van der Waals surface area contributed by atoms with Crippen LogP contribution in [0.1, 0.15) is 36.7 Å². The lowest BCUT2D eigenvalue weighted by atomic mass is 9.78. The van der Waals surface area contributed by atoms with Crippen molar-refractivity contribution in [3.05, 3.63) is 33.8 Å². The van der Waals surface area contributed by atoms with Gasteiger partial charge in [0.2, 0.25) is 10.7 Å². The Hall–Kier alpha value is -1.96. The number of amides is 1. The van der Waals surface area contributed by atoms with Gasteiger partial charge in [-0.05, 0) is 40.5 Å². The number of fused-ring (bicyclic) bond motifs is 1. The summed E-state index contributed by atoms with van der Waals surface area (Å²) in [5, 5.41) is 9.91. The second kappa shape index (κ2) is 5.59. The lowest BCUT2D eigenvalue weighted by Gasteiger charge is -2.33. The summed E-state index contributed by atoms with van der Waals surface area (Å²) >= 11 is 3.21. The molecule has 1 amide bonds. The average Bonchev–Trinajstić information content (AvgIpc) is 2.85. The Bertz CT molecular complexity index is 786. The largest absolute Gasteiger partial charge is 0.351 e. The van der Waals surface area contributed by atoms with Gasteiger partial charge in [0.05, 0.1) is 5.69 Å². The molecule has 23 heavy (non-hydrogen) atoms. The summed E-state index contributed by atoms with van der Waals surface area (Å²) in [6.45, 7) is 7.06. The van der Waals surface area contributed by atoms with Crippen molar-refractivity contribution in [3.8, 4) is 0 Å². The number of aromatic nitrogens is 3. The average molecular weight is 382 g/mol. The normalized spacial score (nSPS) is 16.0. The van der Waals surface area contributed by atoms with E-state index in [4.69, 9.17) is 0 Å². The molecule has 122 valence electrons. The van der Waals surface area contributed by atoms with Crippen LogP contribution in [0.25, 0.3) is 0 Å². The smallest absolute Gasteiger partial charge is 0.251 e. The van der Waals surface area contributed by atoms with Crippen LogP contribution in [-0.2, 0) is 12.0 Å². The van der Waals surface area contributed by atoms with Gasteiger partial charge in [-0.1, -0.05) is 13.8 Å². The first-order valence-electron chi connectivity index (χ1n) is 7.31. The molecule has 2 heterocycles. The molecule has 1 aromatic carbocycles. The monoisotopic (exact) mass is 381 g/mol. The molecule has 0 atom stereocenters. The number of hydrogen-bond donors (Lipinski definition) is 2. The van der Waals surface area contributed by atoms with Crippen molar-refractivity contribution in [2.24, 2.45) is 0 Å². The van der Waals surface area contributed by atoms with Crippen molar-refractivity contribution in [1.82, 2.24) is 20.1 Å². The van der Waals surface area contributed by atoms with Gasteiger partial charge in [0.25, 0.3) is 5.91 Å². The topological polar surface area (TPSA) is 71.8 Å². The molecule has 2 aromatic rings. The molecule has 1 aliphatic heterocycles. The molecule has 0 aliphatic carbocycles. The van der Waals surface area contributed by atoms with Crippen LogP contribution < -0.4 is 10.6 Å². The van der Waals surface area contributed by atoms with E-state index >= 15 is 0 Å². The van der Waals surface area contributed by atoms with Crippen LogP contribution in [0.3, 0.4) is 0 Å². The number of carbonyl (C=O) groups is 1. The van der Waals surface area contributed by atoms with Gasteiger partial charge in [-0.3, -0.25) is 4.79 Å². The third-order valence-corrected chi connectivity index (χ3v) is 4.30. The van der Waals surface area contributed by atoms with Crippen LogP contribution >= 0.6 is 15.9 Å². The number of hydrogen-bond acceptors (Lipinski definition) is 4. The van der Waals surface area contributed by atoms with Crippen molar-refractivity contribution in [2.45, 2.75) is 32.7 Å². The molecule has 0 radical (unpaired) electrons. The predicted octanol–water partition coefficient (Wildman–Crippen LogP) is 2.96. The highest BCUT2D eigenvalue weighted by Crippen LogP contribution is 2.34. The van der Waals surface area contributed by atoms with E-state index in [1.165, 1.54) is 6.07 Å². The first-order chi connectivity index (χ1) is 10.8. The zero-order chi connectivity index (χ0) is 16.8. The Kier molecular flexibility index (Phi) is 3.87. The molecular formula is C15H17BrFN5O. The third-order valence-electron chi connectivity index (χ3n) is 3.96. The number of nitrogens with one attached hydrogen (secondary N) is 2. The number of nitrogens with zero attached hydrogens (tertiary/aromatic N) is 3. The minimum Gasteiger partial charge on any atom is -0.351 e. The van der Waals surface area contributed by atoms with Crippen LogP contribution in [0.15, 0.2) is 16.9 Å². The molecule has 0 unspecified atom stereocenters. The van der Waals surface area contributed by atoms with Gasteiger partial charge in [-0.25, -0.2) is 9.07 Å². The third kappa shape index (κ3) is 2.83. The summed E-state index contributed by atoms with van der Waals surface area (Å²) < 4.78 is 16.5. The standard InChI is InChI=1S/C15H17BrFN5O/c1-4-22-14(20-13(16)21-22)19-11-6-9-8(5-10(11)17)12(23)18-7-15(9,2)3/h5-6H,4,7H2,1-3H3,(H,18,23)(H,19,20,21). The fourth-order valence-electron chi connectivity index (χ4n) is 2.66. The Morgan fingerprint density at radius 1 is 1.48 bits per heavy atom. The van der Waals surface area contributed by atoms with E-state index in [1.807, 2.05) is 20.8 Å². The fraction of sp³-hybridized carbons (Fsp3) is 0.400. The highest BCUT2D eigenvalue weighted by molar-refractivity contribution is 9.10. The molecule has 6 nitrogen and oxygen atoms in total. The lowest BCUT2D eigenvalue weighted by molar-refractivity contribution is 0.0929. The SMILES string of the molecule is CCn1nc(Br)nc1Nc1cc2c(cc1F)C(=O)NCC2(C)C. The Morgan fingerprint density at radius 2 is 2.22 bits per heavy atom. The summed E-state index contributed by atoms with van der Waals surface area (Å²) in [6.07, 6.45) is 0. The van der Waals surface area contributed by atoms with E-state index in [1.54, 1.807) is 10.7 Å². The van der Waals surface area contributed by atoms with Gasteiger partial charge >= 0.3 is 0 Å². The van der Waals surface area contributed by atoms with E-state index in [2.05, 4.69) is 36.6 Å². The molecule has 0 saturated carbocycles. The van der Waals surface area contributed by atoms with Crippen molar-refractivity contribution in [2.75, 3.05) is 11.9 Å². The summed E-state index contributed by atoms with van der Waals surface area (Å²) in [6, 6.07) is 2.96. The number of aryl methyl sites for hydroxylation is 1. The molecule has 0 bridgehead atoms. The van der Waals surface area contributed by atoms with E-state index < -0.39 is 5.82 Å². The summed E-state index contributed by atoms with van der Waals surface area (Å²) in [7, 11) is 0. The molecular weight excluding hydrogens is 365 g/mol. The maximum Gasteiger partial charge on any atom is 0.251 e. The van der Waals surface area contributed by atoms with E-state index in [-0.39, 0.29) is 17.0 Å². The maximum atomic E-state index is 14.4. The maximum absolute atomic E-state index is 14.4. The van der Waals surface area contributed by atoms with Crippen LogP contribution in [0.5, 0.6) is 0 Å². The van der Waals surface area contributed by atoms with Crippen LogP contribution in [0.2, 0.25) is 0 Å². The Labute approximate surface area is 141 Å². The Balaban J connectivity index is 2.05. The van der Waals surface area contributed by atoms with Crippen molar-refractivity contribution >= 4 is 33.5 Å². The minimum absolute atomic E-state index is 0.246. The number of benzene rings is 1. The Morgan fingerprint density at radius 3 is 2.91 bits per heavy atom. The number of carbonyl (C=O) groups excluding carboxylic acids is 1. The summed E-state index contributed by atoms with van der Waals surface area (Å²) in [5.41, 5.74) is 1.20. The van der Waals surface area contributed by atoms with Gasteiger partial charge in [0, 0.05) is 24.1 Å². The highest BCUT2D eigenvalue weighted by atomic mass is 79.9. The van der Waals surface area contributed by atoms with E-state index in [0.29, 0.717) is 29.3 Å². The van der Waals surface area contributed by atoms with Crippen LogP contribution in [-0.4, -0.2) is 27.2 Å². The molecule has 1 aliphatic rings. The van der Waals surface area contributed by atoms with Crippen molar-refractivity contribution in [3.63, 3.8) is 0 Å². The second-order valence-corrected chi connectivity index (χ2v) is 6.80. The molecule has 0 spiro atoms. The molecule has 2 N–H and O–H groups in total. The first kappa shape index (κ1) is 15.9. The molecule has 8 heteroatoms. The predicted molar refractivity (Wildman–Crippen MR) is 88.4 cm³/mol. The molecule has 0 saturated heterocycles. The quantitative estimate of drug-likeness (QED) is 0.856. The van der Waals surface area contributed by atoms with Gasteiger partial charge in [0.1, 0.15) is 5.82 Å². The van der Waals surface area contributed by atoms with Gasteiger partial charge in [0.15, 0.2) is 0 Å². The number of rotatable bonds is 3. The number of anilines is 2. The second-order valence-electron chi connectivity index (χ2n) is 6.09. The van der Waals surface area contributed by atoms with Crippen LogP contribution in [0.4, 0.5) is 16.0 Å². The van der Waals surface area contributed by atoms with Gasteiger partial charge in [-0.2, -0.15) is 4.98 Å². The van der Waals surface area contributed by atoms with E-state index in [0.717, 1.165) is 5.56 Å².